The SMILES string of the molecule is CC1=CC=C(C(C)C)C1.[B]. The number of hydrogen-bond acceptors (Lipinski definition) is 0. The molecule has 0 aliphatic heterocycles. The first-order chi connectivity index (χ1) is 4.20. The molecule has 0 bridgehead atoms. The highest BCUT2D eigenvalue weighted by Crippen LogP contribution is 2.24. The zero-order valence-corrected chi connectivity index (χ0v) is 7.02. The van der Waals surface area contributed by atoms with Crippen LogP contribution in [0.25, 0.3) is 0 Å². The molecule has 0 heterocycles. The average molecular weight is 133 g/mol. The molecule has 1 rings (SSSR count). The molecule has 0 unspecified atom stereocenters. The van der Waals surface area contributed by atoms with Crippen molar-refractivity contribution in [2.45, 2.75) is 27.2 Å². The third-order valence-electron chi connectivity index (χ3n) is 1.81. The summed E-state index contributed by atoms with van der Waals surface area (Å²) in [5.74, 6) is 0.735. The zero-order valence-electron chi connectivity index (χ0n) is 7.02. The highest BCUT2D eigenvalue weighted by atomic mass is 14.1. The third-order valence-corrected chi connectivity index (χ3v) is 1.81. The largest absolute Gasteiger partial charge is 0.0693 e. The molecule has 53 valence electrons. The summed E-state index contributed by atoms with van der Waals surface area (Å²) in [7, 11) is 0. The highest BCUT2D eigenvalue weighted by molar-refractivity contribution is 5.75. The van der Waals surface area contributed by atoms with Crippen LogP contribution < -0.4 is 0 Å². The summed E-state index contributed by atoms with van der Waals surface area (Å²) in [5, 5.41) is 0. The van der Waals surface area contributed by atoms with Crippen LogP contribution in [-0.2, 0) is 0 Å². The van der Waals surface area contributed by atoms with E-state index in [4.69, 9.17) is 0 Å². The van der Waals surface area contributed by atoms with Gasteiger partial charge < -0.3 is 0 Å². The quantitative estimate of drug-likeness (QED) is 0.482. The molecule has 0 atom stereocenters. The maximum Gasteiger partial charge on any atom is 0 e. The Morgan fingerprint density at radius 3 is 2.10 bits per heavy atom. The molecule has 0 amide bonds. The molecule has 0 fully saturated rings. The molecule has 0 saturated carbocycles. The molecule has 3 radical (unpaired) electrons. The lowest BCUT2D eigenvalue weighted by atomic mass is 10.0. The van der Waals surface area contributed by atoms with Crippen molar-refractivity contribution in [3.63, 3.8) is 0 Å². The summed E-state index contributed by atoms with van der Waals surface area (Å²) >= 11 is 0. The fraction of sp³-hybridized carbons (Fsp3) is 0.556. The first kappa shape index (κ1) is 9.54. The molecule has 1 aliphatic carbocycles. The standard InChI is InChI=1S/C9H14.B/c1-7(2)9-5-4-8(3)6-9;/h4-5,7H,6H2,1-3H3;. The van der Waals surface area contributed by atoms with E-state index in [9.17, 15) is 0 Å². The van der Waals surface area contributed by atoms with Gasteiger partial charge in [-0.2, -0.15) is 0 Å². The lowest BCUT2D eigenvalue weighted by molar-refractivity contribution is 0.746. The second kappa shape index (κ2) is 3.65. The van der Waals surface area contributed by atoms with Crippen molar-refractivity contribution in [1.29, 1.82) is 0 Å². The lowest BCUT2D eigenvalue weighted by Gasteiger charge is -2.04. The lowest BCUT2D eigenvalue weighted by Crippen LogP contribution is -1.89. The van der Waals surface area contributed by atoms with E-state index < -0.39 is 0 Å². The summed E-state index contributed by atoms with van der Waals surface area (Å²) in [6.07, 6.45) is 5.67. The van der Waals surface area contributed by atoms with Crippen LogP contribution in [0.4, 0.5) is 0 Å². The van der Waals surface area contributed by atoms with Crippen molar-refractivity contribution in [2.24, 2.45) is 5.92 Å². The van der Waals surface area contributed by atoms with Gasteiger partial charge in [0.15, 0.2) is 0 Å². The summed E-state index contributed by atoms with van der Waals surface area (Å²) < 4.78 is 0. The van der Waals surface area contributed by atoms with Crippen molar-refractivity contribution in [3.8, 4) is 0 Å². The van der Waals surface area contributed by atoms with E-state index >= 15 is 0 Å². The van der Waals surface area contributed by atoms with Crippen LogP contribution >= 0.6 is 0 Å². The topological polar surface area (TPSA) is 0 Å². The molecule has 0 aromatic heterocycles. The monoisotopic (exact) mass is 133 g/mol. The number of rotatable bonds is 1. The fourth-order valence-corrected chi connectivity index (χ4v) is 1.09. The maximum absolute atomic E-state index is 2.25. The van der Waals surface area contributed by atoms with Gasteiger partial charge in [0.1, 0.15) is 0 Å². The van der Waals surface area contributed by atoms with Gasteiger partial charge in [0.25, 0.3) is 0 Å². The second-order valence-electron chi connectivity index (χ2n) is 3.09. The summed E-state index contributed by atoms with van der Waals surface area (Å²) in [4.78, 5) is 0. The van der Waals surface area contributed by atoms with E-state index in [1.807, 2.05) is 0 Å². The van der Waals surface area contributed by atoms with E-state index in [0.29, 0.717) is 0 Å². The zero-order chi connectivity index (χ0) is 6.85. The Morgan fingerprint density at radius 2 is 1.90 bits per heavy atom. The molecule has 0 nitrogen and oxygen atoms in total. The van der Waals surface area contributed by atoms with Crippen molar-refractivity contribution < 1.29 is 0 Å². The maximum atomic E-state index is 2.25. The smallest absolute Gasteiger partial charge is 0 e. The number of allylic oxidation sites excluding steroid dienone is 4. The minimum atomic E-state index is 0. The summed E-state index contributed by atoms with van der Waals surface area (Å²) in [6, 6.07) is 0. The van der Waals surface area contributed by atoms with Crippen LogP contribution in [0.3, 0.4) is 0 Å². The van der Waals surface area contributed by atoms with E-state index in [1.165, 1.54) is 12.0 Å². The molecular formula is C9H14B. The van der Waals surface area contributed by atoms with Gasteiger partial charge in [-0.25, -0.2) is 0 Å². The van der Waals surface area contributed by atoms with Crippen LogP contribution in [0, 0.1) is 5.92 Å². The van der Waals surface area contributed by atoms with E-state index in [-0.39, 0.29) is 8.41 Å². The molecule has 1 heteroatoms. The Balaban J connectivity index is 0.000000810. The molecule has 0 N–H and O–H groups in total. The predicted octanol–water partition coefficient (Wildman–Crippen LogP) is 2.54. The minimum absolute atomic E-state index is 0. The van der Waals surface area contributed by atoms with Gasteiger partial charge in [0.05, 0.1) is 0 Å². The van der Waals surface area contributed by atoms with Gasteiger partial charge >= 0.3 is 0 Å². The van der Waals surface area contributed by atoms with Gasteiger partial charge in [-0.1, -0.05) is 37.1 Å². The van der Waals surface area contributed by atoms with E-state index in [2.05, 4.69) is 32.9 Å². The molecular weight excluding hydrogens is 119 g/mol. The van der Waals surface area contributed by atoms with Crippen molar-refractivity contribution in [2.75, 3.05) is 0 Å². The van der Waals surface area contributed by atoms with Crippen LogP contribution in [0.1, 0.15) is 27.2 Å². The first-order valence-electron chi connectivity index (χ1n) is 3.56. The minimum Gasteiger partial charge on any atom is -0.0693 e. The Hall–Kier alpha value is -0.455. The van der Waals surface area contributed by atoms with Gasteiger partial charge in [-0.15, -0.1) is 0 Å². The van der Waals surface area contributed by atoms with Crippen molar-refractivity contribution in [1.82, 2.24) is 0 Å². The van der Waals surface area contributed by atoms with Gasteiger partial charge in [-0.3, -0.25) is 0 Å². The van der Waals surface area contributed by atoms with E-state index in [0.717, 1.165) is 5.92 Å². The summed E-state index contributed by atoms with van der Waals surface area (Å²) in [6.45, 7) is 6.68. The Kier molecular flexibility index (Phi) is 3.48. The van der Waals surface area contributed by atoms with Crippen LogP contribution in [0.2, 0.25) is 0 Å². The first-order valence-corrected chi connectivity index (χ1v) is 3.56. The van der Waals surface area contributed by atoms with Gasteiger partial charge in [-0.05, 0) is 19.3 Å². The molecule has 0 spiro atoms. The highest BCUT2D eigenvalue weighted by Gasteiger charge is 2.06. The molecule has 10 heavy (non-hydrogen) atoms. The van der Waals surface area contributed by atoms with Crippen molar-refractivity contribution in [3.05, 3.63) is 23.3 Å². The van der Waals surface area contributed by atoms with E-state index in [1.54, 1.807) is 5.57 Å². The summed E-state index contributed by atoms with van der Waals surface area (Å²) in [5.41, 5.74) is 3.08. The van der Waals surface area contributed by atoms with Crippen LogP contribution in [0.5, 0.6) is 0 Å². The van der Waals surface area contributed by atoms with Crippen LogP contribution in [0.15, 0.2) is 23.3 Å². The van der Waals surface area contributed by atoms with Crippen molar-refractivity contribution >= 4 is 8.41 Å². The molecule has 1 aliphatic rings. The van der Waals surface area contributed by atoms with Crippen LogP contribution in [-0.4, -0.2) is 8.41 Å². The molecule has 0 aromatic carbocycles. The van der Waals surface area contributed by atoms with Gasteiger partial charge in [0.2, 0.25) is 0 Å². The Labute approximate surface area is 65.6 Å². The molecule has 0 saturated heterocycles. The number of hydrogen-bond donors (Lipinski definition) is 0. The Bertz CT molecular complexity index is 164. The fourth-order valence-electron chi connectivity index (χ4n) is 1.09. The normalized spacial score (nSPS) is 16.4. The average Bonchev–Trinajstić information content (AvgIpc) is 2.14. The third kappa shape index (κ3) is 2.05. The Morgan fingerprint density at radius 1 is 1.30 bits per heavy atom. The molecule has 0 aromatic rings. The second-order valence-corrected chi connectivity index (χ2v) is 3.09. The van der Waals surface area contributed by atoms with Gasteiger partial charge in [0, 0.05) is 8.41 Å². The predicted molar refractivity (Wildman–Crippen MR) is 47.0 cm³/mol.